The first-order valence-electron chi connectivity index (χ1n) is 6.47. The molecular formula is C17H15NOS. The van der Waals surface area contributed by atoms with Gasteiger partial charge in [-0.05, 0) is 37.1 Å². The summed E-state index contributed by atoms with van der Waals surface area (Å²) in [5.74, 6) is 0.320. The minimum Gasteiger partial charge on any atom is -0.506 e. The van der Waals surface area contributed by atoms with Crippen LogP contribution in [0.1, 0.15) is 16.0 Å². The van der Waals surface area contributed by atoms with Crippen LogP contribution >= 0.6 is 11.3 Å². The van der Waals surface area contributed by atoms with Crippen molar-refractivity contribution in [1.82, 2.24) is 0 Å². The quantitative estimate of drug-likeness (QED) is 0.660. The maximum absolute atomic E-state index is 10.2. The lowest BCUT2D eigenvalue weighted by Gasteiger charge is -2.02. The van der Waals surface area contributed by atoms with Crippen LogP contribution in [0.2, 0.25) is 0 Å². The number of hydrogen-bond acceptors (Lipinski definition) is 3. The van der Waals surface area contributed by atoms with E-state index in [4.69, 9.17) is 0 Å². The Hall–Kier alpha value is -2.13. The van der Waals surface area contributed by atoms with Crippen molar-refractivity contribution >= 4 is 33.3 Å². The third kappa shape index (κ3) is 2.21. The van der Waals surface area contributed by atoms with Gasteiger partial charge in [0.15, 0.2) is 0 Å². The molecule has 0 radical (unpaired) electrons. The van der Waals surface area contributed by atoms with Gasteiger partial charge in [-0.3, -0.25) is 4.99 Å². The van der Waals surface area contributed by atoms with Gasteiger partial charge in [-0.15, -0.1) is 11.3 Å². The van der Waals surface area contributed by atoms with Gasteiger partial charge >= 0.3 is 0 Å². The molecule has 1 heterocycles. The summed E-state index contributed by atoms with van der Waals surface area (Å²) in [6, 6.07) is 14.0. The average molecular weight is 281 g/mol. The van der Waals surface area contributed by atoms with E-state index in [1.807, 2.05) is 56.3 Å². The lowest BCUT2D eigenvalue weighted by Crippen LogP contribution is -1.81. The van der Waals surface area contributed by atoms with Gasteiger partial charge < -0.3 is 5.11 Å². The molecule has 2 nitrogen and oxygen atoms in total. The van der Waals surface area contributed by atoms with Gasteiger partial charge in [-0.25, -0.2) is 0 Å². The molecule has 0 amide bonds. The molecule has 0 unspecified atom stereocenters. The summed E-state index contributed by atoms with van der Waals surface area (Å²) in [4.78, 5) is 5.36. The van der Waals surface area contributed by atoms with Crippen LogP contribution in [0, 0.1) is 13.8 Å². The molecule has 100 valence electrons. The maximum atomic E-state index is 10.2. The number of rotatable bonds is 2. The van der Waals surface area contributed by atoms with Crippen molar-refractivity contribution in [2.24, 2.45) is 4.99 Å². The van der Waals surface area contributed by atoms with E-state index in [0.717, 1.165) is 31.8 Å². The van der Waals surface area contributed by atoms with Crippen molar-refractivity contribution < 1.29 is 5.11 Å². The van der Waals surface area contributed by atoms with E-state index in [-0.39, 0.29) is 0 Å². The summed E-state index contributed by atoms with van der Waals surface area (Å²) < 4.78 is 1.08. The monoisotopic (exact) mass is 281 g/mol. The van der Waals surface area contributed by atoms with Gasteiger partial charge in [0.1, 0.15) is 5.75 Å². The summed E-state index contributed by atoms with van der Waals surface area (Å²) in [5.41, 5.74) is 3.26. The summed E-state index contributed by atoms with van der Waals surface area (Å²) >= 11 is 1.56. The van der Waals surface area contributed by atoms with E-state index >= 15 is 0 Å². The number of aromatic hydroxyl groups is 1. The SMILES string of the molecule is Cc1cccc(C)c1N=Cc1sc2ccccc2c1O. The molecule has 1 aromatic heterocycles. The van der Waals surface area contributed by atoms with Gasteiger partial charge in [0.05, 0.1) is 10.6 Å². The third-order valence-electron chi connectivity index (χ3n) is 3.35. The summed E-state index contributed by atoms with van der Waals surface area (Å²) in [7, 11) is 0. The zero-order valence-electron chi connectivity index (χ0n) is 11.4. The zero-order chi connectivity index (χ0) is 14.1. The molecule has 0 bridgehead atoms. The third-order valence-corrected chi connectivity index (χ3v) is 4.44. The molecule has 0 saturated heterocycles. The first kappa shape index (κ1) is 12.9. The van der Waals surface area contributed by atoms with E-state index < -0.39 is 0 Å². The van der Waals surface area contributed by atoms with Crippen molar-refractivity contribution in [3.8, 4) is 5.75 Å². The highest BCUT2D eigenvalue weighted by molar-refractivity contribution is 7.21. The largest absolute Gasteiger partial charge is 0.506 e. The Morgan fingerprint density at radius 3 is 2.40 bits per heavy atom. The lowest BCUT2D eigenvalue weighted by molar-refractivity contribution is 0.483. The average Bonchev–Trinajstić information content (AvgIpc) is 2.76. The molecule has 0 spiro atoms. The highest BCUT2D eigenvalue weighted by atomic mass is 32.1. The van der Waals surface area contributed by atoms with E-state index in [1.165, 1.54) is 0 Å². The Morgan fingerprint density at radius 2 is 1.70 bits per heavy atom. The fourth-order valence-electron chi connectivity index (χ4n) is 2.27. The van der Waals surface area contributed by atoms with Crippen molar-refractivity contribution in [3.05, 3.63) is 58.5 Å². The van der Waals surface area contributed by atoms with Crippen molar-refractivity contribution in [1.29, 1.82) is 0 Å². The van der Waals surface area contributed by atoms with Crippen LogP contribution in [-0.2, 0) is 0 Å². The first-order chi connectivity index (χ1) is 9.66. The van der Waals surface area contributed by atoms with Gasteiger partial charge in [0.2, 0.25) is 0 Å². The van der Waals surface area contributed by atoms with Crippen molar-refractivity contribution in [2.45, 2.75) is 13.8 Å². The van der Waals surface area contributed by atoms with Crippen molar-refractivity contribution in [3.63, 3.8) is 0 Å². The topological polar surface area (TPSA) is 32.6 Å². The number of para-hydroxylation sites is 1. The molecule has 0 atom stereocenters. The van der Waals surface area contributed by atoms with Crippen molar-refractivity contribution in [2.75, 3.05) is 0 Å². The maximum Gasteiger partial charge on any atom is 0.142 e. The number of nitrogens with zero attached hydrogens (tertiary/aromatic N) is 1. The van der Waals surface area contributed by atoms with Gasteiger partial charge in [0.25, 0.3) is 0 Å². The number of aryl methyl sites for hydroxylation is 2. The highest BCUT2D eigenvalue weighted by Crippen LogP contribution is 2.36. The Bertz CT molecular complexity index is 782. The Balaban J connectivity index is 2.05. The molecule has 0 fully saturated rings. The molecule has 20 heavy (non-hydrogen) atoms. The van der Waals surface area contributed by atoms with Crippen LogP contribution in [0.3, 0.4) is 0 Å². The highest BCUT2D eigenvalue weighted by Gasteiger charge is 2.08. The fourth-order valence-corrected chi connectivity index (χ4v) is 3.24. The molecule has 0 aliphatic carbocycles. The van der Waals surface area contributed by atoms with E-state index in [2.05, 4.69) is 4.99 Å². The Morgan fingerprint density at radius 1 is 1.00 bits per heavy atom. The standard InChI is InChI=1S/C17H15NOS/c1-11-6-5-7-12(2)16(11)18-10-15-17(19)13-8-3-4-9-14(13)20-15/h3-10,19H,1-2H3. The molecule has 3 aromatic rings. The lowest BCUT2D eigenvalue weighted by atomic mass is 10.1. The summed E-state index contributed by atoms with van der Waals surface area (Å²) in [6.07, 6.45) is 1.76. The minimum atomic E-state index is 0.320. The number of thiophene rings is 1. The number of fused-ring (bicyclic) bond motifs is 1. The van der Waals surface area contributed by atoms with Crippen LogP contribution in [0.4, 0.5) is 5.69 Å². The molecule has 3 heteroatoms. The predicted molar refractivity (Wildman–Crippen MR) is 86.7 cm³/mol. The number of aliphatic imine (C=N–C) groups is 1. The molecule has 0 saturated carbocycles. The van der Waals surface area contributed by atoms with Crippen LogP contribution in [-0.4, -0.2) is 11.3 Å². The number of benzene rings is 2. The molecule has 1 N–H and O–H groups in total. The minimum absolute atomic E-state index is 0.320. The van der Waals surface area contributed by atoms with Gasteiger partial charge in [0, 0.05) is 16.3 Å². The normalized spacial score (nSPS) is 11.5. The second-order valence-corrected chi connectivity index (χ2v) is 5.89. The van der Waals surface area contributed by atoms with Crippen LogP contribution < -0.4 is 0 Å². The summed E-state index contributed by atoms with van der Waals surface area (Å²) in [6.45, 7) is 4.09. The second-order valence-electron chi connectivity index (χ2n) is 4.81. The molecule has 2 aromatic carbocycles. The predicted octanol–water partition coefficient (Wildman–Crippen LogP) is 4.97. The van der Waals surface area contributed by atoms with Gasteiger partial charge in [-0.2, -0.15) is 0 Å². The van der Waals surface area contributed by atoms with Gasteiger partial charge in [-0.1, -0.05) is 30.3 Å². The fraction of sp³-hybridized carbons (Fsp3) is 0.118. The molecular weight excluding hydrogens is 266 g/mol. The second kappa shape index (κ2) is 5.10. The van der Waals surface area contributed by atoms with Crippen LogP contribution in [0.5, 0.6) is 5.75 Å². The Kier molecular flexibility index (Phi) is 3.28. The van der Waals surface area contributed by atoms with E-state index in [9.17, 15) is 5.11 Å². The number of hydrogen-bond donors (Lipinski definition) is 1. The smallest absolute Gasteiger partial charge is 0.142 e. The van der Waals surface area contributed by atoms with E-state index in [0.29, 0.717) is 5.75 Å². The molecule has 0 aliphatic heterocycles. The molecule has 0 aliphatic rings. The first-order valence-corrected chi connectivity index (χ1v) is 7.29. The Labute approximate surface area is 122 Å². The molecule has 3 rings (SSSR count). The zero-order valence-corrected chi connectivity index (χ0v) is 12.2. The van der Waals surface area contributed by atoms with Crippen LogP contribution in [0.25, 0.3) is 10.1 Å². The van der Waals surface area contributed by atoms with Crippen LogP contribution in [0.15, 0.2) is 47.5 Å². The summed E-state index contributed by atoms with van der Waals surface area (Å²) in [5, 5.41) is 11.1. The van der Waals surface area contributed by atoms with E-state index in [1.54, 1.807) is 17.6 Å².